The molecule has 17 heavy (non-hydrogen) atoms. The summed E-state index contributed by atoms with van der Waals surface area (Å²) in [5.74, 6) is 8.22. The minimum Gasteiger partial charge on any atom is -0.271 e. The van der Waals surface area contributed by atoms with Crippen molar-refractivity contribution in [2.75, 3.05) is 11.5 Å². The smallest absolute Gasteiger partial charge is 0.0944 e. The van der Waals surface area contributed by atoms with Crippen LogP contribution in [0.1, 0.15) is 17.6 Å². The van der Waals surface area contributed by atoms with Gasteiger partial charge in [0.25, 0.3) is 0 Å². The minimum absolute atomic E-state index is 0.327. The van der Waals surface area contributed by atoms with E-state index >= 15 is 0 Å². The fourth-order valence-corrected chi connectivity index (χ4v) is 5.82. The first-order valence-corrected chi connectivity index (χ1v) is 8.78. The van der Waals surface area contributed by atoms with Crippen LogP contribution in [0, 0.1) is 6.92 Å². The number of aromatic nitrogens is 1. The Kier molecular flexibility index (Phi) is 5.17. The molecule has 0 aromatic carbocycles. The lowest BCUT2D eigenvalue weighted by atomic mass is 10.1. The second-order valence-electron chi connectivity index (χ2n) is 4.27. The summed E-state index contributed by atoms with van der Waals surface area (Å²) in [7, 11) is 0. The van der Waals surface area contributed by atoms with Gasteiger partial charge in [0.15, 0.2) is 0 Å². The van der Waals surface area contributed by atoms with Crippen molar-refractivity contribution in [1.82, 2.24) is 10.4 Å². The third-order valence-electron chi connectivity index (χ3n) is 2.91. The number of hydrogen-bond donors (Lipinski definition) is 2. The number of thioether (sulfide) groups is 2. The summed E-state index contributed by atoms with van der Waals surface area (Å²) in [6.45, 7) is 4.34. The van der Waals surface area contributed by atoms with Gasteiger partial charge in [-0.3, -0.25) is 11.3 Å². The highest BCUT2D eigenvalue weighted by molar-refractivity contribution is 8.07. The van der Waals surface area contributed by atoms with E-state index in [4.69, 9.17) is 5.84 Å². The SMILES string of the molecule is Cc1csc(CC(NN)C2SCCSC2C)n1. The zero-order valence-corrected chi connectivity index (χ0v) is 12.6. The van der Waals surface area contributed by atoms with E-state index in [1.54, 1.807) is 11.3 Å². The second-order valence-corrected chi connectivity index (χ2v) is 7.98. The highest BCUT2D eigenvalue weighted by Gasteiger charge is 2.30. The molecule has 96 valence electrons. The van der Waals surface area contributed by atoms with Crippen molar-refractivity contribution in [3.63, 3.8) is 0 Å². The molecule has 1 aliphatic rings. The molecule has 0 amide bonds. The number of aryl methyl sites for hydroxylation is 1. The standard InChI is InChI=1S/C11H19N3S3/c1-7-6-17-10(13-7)5-9(14-12)11-8(2)15-3-4-16-11/h6,8-9,11,14H,3-5,12H2,1-2H3. The van der Waals surface area contributed by atoms with Gasteiger partial charge in [-0.25, -0.2) is 4.98 Å². The summed E-state index contributed by atoms with van der Waals surface area (Å²) in [5.41, 5.74) is 4.10. The molecule has 0 bridgehead atoms. The molecule has 1 saturated heterocycles. The Morgan fingerprint density at radius 3 is 2.88 bits per heavy atom. The van der Waals surface area contributed by atoms with Gasteiger partial charge in [0.2, 0.25) is 0 Å². The summed E-state index contributed by atoms with van der Waals surface area (Å²) in [5, 5.41) is 4.54. The van der Waals surface area contributed by atoms with Gasteiger partial charge in [0, 0.05) is 45.5 Å². The molecule has 3 atom stereocenters. The molecule has 6 heteroatoms. The molecule has 1 aromatic rings. The van der Waals surface area contributed by atoms with Crippen LogP contribution in [0.3, 0.4) is 0 Å². The molecule has 1 fully saturated rings. The average Bonchev–Trinajstić information content (AvgIpc) is 2.73. The van der Waals surface area contributed by atoms with E-state index in [1.807, 2.05) is 18.7 Å². The zero-order chi connectivity index (χ0) is 12.3. The van der Waals surface area contributed by atoms with Crippen LogP contribution in [0.2, 0.25) is 0 Å². The molecule has 3 N–H and O–H groups in total. The Labute approximate surface area is 115 Å². The number of nitrogens with zero attached hydrogens (tertiary/aromatic N) is 1. The number of nitrogens with two attached hydrogens (primary N) is 1. The van der Waals surface area contributed by atoms with E-state index in [0.29, 0.717) is 16.5 Å². The monoisotopic (exact) mass is 289 g/mol. The van der Waals surface area contributed by atoms with Crippen LogP contribution in [0.5, 0.6) is 0 Å². The third-order valence-corrected chi connectivity index (χ3v) is 7.15. The number of hydrogen-bond acceptors (Lipinski definition) is 6. The van der Waals surface area contributed by atoms with Crippen molar-refractivity contribution in [1.29, 1.82) is 0 Å². The highest BCUT2D eigenvalue weighted by atomic mass is 32.2. The molecule has 2 heterocycles. The number of thiazole rings is 1. The Morgan fingerprint density at radius 2 is 2.29 bits per heavy atom. The summed E-state index contributed by atoms with van der Waals surface area (Å²) >= 11 is 5.83. The van der Waals surface area contributed by atoms with Crippen molar-refractivity contribution in [2.24, 2.45) is 5.84 Å². The molecule has 0 radical (unpaired) electrons. The van der Waals surface area contributed by atoms with Crippen molar-refractivity contribution in [2.45, 2.75) is 36.8 Å². The van der Waals surface area contributed by atoms with E-state index < -0.39 is 0 Å². The molecule has 0 saturated carbocycles. The quantitative estimate of drug-likeness (QED) is 0.656. The van der Waals surface area contributed by atoms with Crippen molar-refractivity contribution in [3.05, 3.63) is 16.1 Å². The van der Waals surface area contributed by atoms with Crippen molar-refractivity contribution < 1.29 is 0 Å². The van der Waals surface area contributed by atoms with Crippen LogP contribution in [0.4, 0.5) is 0 Å². The van der Waals surface area contributed by atoms with Gasteiger partial charge in [-0.15, -0.1) is 11.3 Å². The zero-order valence-electron chi connectivity index (χ0n) is 10.2. The molecular formula is C11H19N3S3. The van der Waals surface area contributed by atoms with Gasteiger partial charge in [0.05, 0.1) is 5.01 Å². The minimum atomic E-state index is 0.327. The van der Waals surface area contributed by atoms with Gasteiger partial charge in [-0.2, -0.15) is 23.5 Å². The topological polar surface area (TPSA) is 50.9 Å². The maximum Gasteiger partial charge on any atom is 0.0944 e. The Balaban J connectivity index is 2.00. The second kappa shape index (κ2) is 6.43. The van der Waals surface area contributed by atoms with Gasteiger partial charge >= 0.3 is 0 Å². The average molecular weight is 289 g/mol. The molecule has 0 spiro atoms. The Hall–Kier alpha value is 0.250. The molecule has 3 nitrogen and oxygen atoms in total. The summed E-state index contributed by atoms with van der Waals surface area (Å²) < 4.78 is 0. The van der Waals surface area contributed by atoms with E-state index in [-0.39, 0.29) is 0 Å². The Morgan fingerprint density at radius 1 is 1.53 bits per heavy atom. The summed E-state index contributed by atoms with van der Waals surface area (Å²) in [6.07, 6.45) is 0.942. The number of hydrazine groups is 1. The van der Waals surface area contributed by atoms with Crippen LogP contribution < -0.4 is 11.3 Å². The van der Waals surface area contributed by atoms with Gasteiger partial charge in [-0.1, -0.05) is 6.92 Å². The first-order valence-electron chi connectivity index (χ1n) is 5.81. The van der Waals surface area contributed by atoms with E-state index in [0.717, 1.165) is 12.1 Å². The molecule has 1 aromatic heterocycles. The fourth-order valence-electron chi connectivity index (χ4n) is 2.05. The molecule has 1 aliphatic heterocycles. The van der Waals surface area contributed by atoms with Crippen LogP contribution in [-0.2, 0) is 6.42 Å². The van der Waals surface area contributed by atoms with Crippen LogP contribution >= 0.6 is 34.9 Å². The largest absolute Gasteiger partial charge is 0.271 e. The summed E-state index contributed by atoms with van der Waals surface area (Å²) in [6, 6.07) is 0.327. The lowest BCUT2D eigenvalue weighted by molar-refractivity contribution is 0.500. The van der Waals surface area contributed by atoms with Gasteiger partial charge in [0.1, 0.15) is 0 Å². The predicted molar refractivity (Wildman–Crippen MR) is 79.8 cm³/mol. The summed E-state index contributed by atoms with van der Waals surface area (Å²) in [4.78, 5) is 4.53. The number of nitrogens with one attached hydrogen (secondary N) is 1. The van der Waals surface area contributed by atoms with Gasteiger partial charge in [-0.05, 0) is 6.92 Å². The molecule has 2 rings (SSSR count). The van der Waals surface area contributed by atoms with Gasteiger partial charge < -0.3 is 0 Å². The lowest BCUT2D eigenvalue weighted by Gasteiger charge is -2.33. The third kappa shape index (κ3) is 3.61. The fraction of sp³-hybridized carbons (Fsp3) is 0.727. The van der Waals surface area contributed by atoms with E-state index in [9.17, 15) is 0 Å². The number of rotatable bonds is 4. The van der Waals surface area contributed by atoms with Crippen molar-refractivity contribution >= 4 is 34.9 Å². The highest BCUT2D eigenvalue weighted by Crippen LogP contribution is 2.34. The maximum absolute atomic E-state index is 5.72. The van der Waals surface area contributed by atoms with Crippen LogP contribution in [-0.4, -0.2) is 33.0 Å². The Bertz CT molecular complexity index is 355. The van der Waals surface area contributed by atoms with Crippen LogP contribution in [0.15, 0.2) is 5.38 Å². The van der Waals surface area contributed by atoms with E-state index in [2.05, 4.69) is 34.5 Å². The predicted octanol–water partition coefficient (Wildman–Crippen LogP) is 2.06. The van der Waals surface area contributed by atoms with Crippen molar-refractivity contribution in [3.8, 4) is 0 Å². The normalized spacial score (nSPS) is 27.0. The van der Waals surface area contributed by atoms with E-state index in [1.165, 1.54) is 16.5 Å². The maximum atomic E-state index is 5.72. The van der Waals surface area contributed by atoms with Crippen LogP contribution in [0.25, 0.3) is 0 Å². The lowest BCUT2D eigenvalue weighted by Crippen LogP contribution is -2.48. The molecule has 0 aliphatic carbocycles. The molecule has 3 unspecified atom stereocenters. The first kappa shape index (κ1) is 13.7. The molecular weight excluding hydrogens is 270 g/mol. The first-order chi connectivity index (χ1) is 8.20.